The SMILES string of the molecule is Cc1ccc2c(c1)C(C=O)OC(c1cc(C(F)(F)F)nn1-c1ncccc1Cl)=N2. The molecular formula is C19H12ClF3N4O2. The Morgan fingerprint density at radius 2 is 2.03 bits per heavy atom. The van der Waals surface area contributed by atoms with Crippen molar-refractivity contribution in [3.8, 4) is 5.82 Å². The average molecular weight is 421 g/mol. The molecule has 0 radical (unpaired) electrons. The summed E-state index contributed by atoms with van der Waals surface area (Å²) in [6, 6.07) is 8.98. The lowest BCUT2D eigenvalue weighted by molar-refractivity contribution is -0.141. The number of halogens is 4. The fraction of sp³-hybridized carbons (Fsp3) is 0.158. The van der Waals surface area contributed by atoms with Crippen molar-refractivity contribution in [2.75, 3.05) is 0 Å². The first kappa shape index (κ1) is 19.1. The number of rotatable bonds is 3. The van der Waals surface area contributed by atoms with E-state index in [-0.39, 0.29) is 22.4 Å². The number of benzene rings is 1. The summed E-state index contributed by atoms with van der Waals surface area (Å²) in [5.41, 5.74) is 0.542. The molecule has 1 aromatic carbocycles. The quantitative estimate of drug-likeness (QED) is 0.581. The average Bonchev–Trinajstić information content (AvgIpc) is 3.13. The van der Waals surface area contributed by atoms with Crippen LogP contribution in [0.25, 0.3) is 5.82 Å². The summed E-state index contributed by atoms with van der Waals surface area (Å²) < 4.78 is 46.5. The summed E-state index contributed by atoms with van der Waals surface area (Å²) in [7, 11) is 0. The molecule has 1 aliphatic heterocycles. The number of aryl methyl sites for hydroxylation is 1. The van der Waals surface area contributed by atoms with Gasteiger partial charge in [0.15, 0.2) is 23.9 Å². The molecule has 3 heterocycles. The number of alkyl halides is 3. The fourth-order valence-electron chi connectivity index (χ4n) is 2.91. The molecule has 0 saturated carbocycles. The van der Waals surface area contributed by atoms with Gasteiger partial charge in [-0.25, -0.2) is 14.7 Å². The molecular weight excluding hydrogens is 409 g/mol. The normalized spacial score (nSPS) is 16.0. The number of pyridine rings is 1. The first-order chi connectivity index (χ1) is 13.8. The van der Waals surface area contributed by atoms with Gasteiger partial charge >= 0.3 is 6.18 Å². The molecule has 1 atom stereocenters. The van der Waals surface area contributed by atoms with Gasteiger partial charge in [0.1, 0.15) is 5.69 Å². The first-order valence-electron chi connectivity index (χ1n) is 8.37. The molecule has 0 aliphatic carbocycles. The first-order valence-corrected chi connectivity index (χ1v) is 8.75. The second-order valence-electron chi connectivity index (χ2n) is 6.29. The maximum absolute atomic E-state index is 13.3. The second-order valence-corrected chi connectivity index (χ2v) is 6.69. The third-order valence-electron chi connectivity index (χ3n) is 4.23. The summed E-state index contributed by atoms with van der Waals surface area (Å²) in [5.74, 6) is -0.216. The van der Waals surface area contributed by atoms with Gasteiger partial charge in [0, 0.05) is 17.8 Å². The Bertz CT molecular complexity index is 1140. The molecule has 0 bridgehead atoms. The van der Waals surface area contributed by atoms with Gasteiger partial charge in [-0.15, -0.1) is 0 Å². The Balaban J connectivity index is 1.93. The topological polar surface area (TPSA) is 69.4 Å². The Labute approximate surface area is 167 Å². The molecule has 10 heteroatoms. The molecule has 0 fully saturated rings. The van der Waals surface area contributed by atoms with E-state index in [1.807, 2.05) is 6.92 Å². The van der Waals surface area contributed by atoms with Crippen molar-refractivity contribution in [1.29, 1.82) is 0 Å². The monoisotopic (exact) mass is 420 g/mol. The molecule has 0 saturated heterocycles. The van der Waals surface area contributed by atoms with Crippen molar-refractivity contribution < 1.29 is 22.7 Å². The van der Waals surface area contributed by atoms with Crippen LogP contribution >= 0.6 is 11.6 Å². The Morgan fingerprint density at radius 3 is 2.72 bits per heavy atom. The van der Waals surface area contributed by atoms with Crippen molar-refractivity contribution in [1.82, 2.24) is 14.8 Å². The lowest BCUT2D eigenvalue weighted by Gasteiger charge is -2.22. The van der Waals surface area contributed by atoms with Gasteiger partial charge in [0.05, 0.1) is 10.7 Å². The zero-order valence-electron chi connectivity index (χ0n) is 14.8. The van der Waals surface area contributed by atoms with Crippen molar-refractivity contribution in [3.05, 3.63) is 70.1 Å². The van der Waals surface area contributed by atoms with E-state index >= 15 is 0 Å². The molecule has 148 valence electrons. The van der Waals surface area contributed by atoms with E-state index in [9.17, 15) is 18.0 Å². The fourth-order valence-corrected chi connectivity index (χ4v) is 3.11. The number of hydrogen-bond acceptors (Lipinski definition) is 5. The summed E-state index contributed by atoms with van der Waals surface area (Å²) in [4.78, 5) is 19.9. The van der Waals surface area contributed by atoms with Gasteiger partial charge in [0.25, 0.3) is 0 Å². The van der Waals surface area contributed by atoms with E-state index in [0.717, 1.165) is 16.3 Å². The number of hydrogen-bond donors (Lipinski definition) is 0. The highest BCUT2D eigenvalue weighted by Crippen LogP contribution is 2.36. The van der Waals surface area contributed by atoms with Crippen LogP contribution in [0.4, 0.5) is 18.9 Å². The van der Waals surface area contributed by atoms with E-state index in [1.165, 1.54) is 18.3 Å². The molecule has 29 heavy (non-hydrogen) atoms. The molecule has 6 nitrogen and oxygen atoms in total. The van der Waals surface area contributed by atoms with Crippen molar-refractivity contribution in [2.45, 2.75) is 19.2 Å². The number of aliphatic imine (C=N–C) groups is 1. The van der Waals surface area contributed by atoms with Crippen LogP contribution in [-0.2, 0) is 15.7 Å². The van der Waals surface area contributed by atoms with E-state index in [1.54, 1.807) is 18.2 Å². The Hall–Kier alpha value is -3.20. The zero-order valence-corrected chi connectivity index (χ0v) is 15.6. The minimum Gasteiger partial charge on any atom is -0.460 e. The summed E-state index contributed by atoms with van der Waals surface area (Å²) in [6.45, 7) is 1.84. The molecule has 0 spiro atoms. The van der Waals surface area contributed by atoms with Crippen LogP contribution < -0.4 is 0 Å². The standard InChI is InChI=1S/C19H12ClF3N4O2/c1-10-4-5-13-11(7-10)15(9-28)29-18(25-13)14-8-16(19(21,22)23)26-27(14)17-12(20)3-2-6-24-17/h2-9,15H,1H3. The van der Waals surface area contributed by atoms with Gasteiger partial charge in [0.2, 0.25) is 5.90 Å². The molecule has 1 aliphatic rings. The van der Waals surface area contributed by atoms with Crippen LogP contribution in [0.2, 0.25) is 5.02 Å². The smallest absolute Gasteiger partial charge is 0.435 e. The lowest BCUT2D eigenvalue weighted by atomic mass is 10.0. The van der Waals surface area contributed by atoms with Crippen LogP contribution in [0.1, 0.15) is 28.6 Å². The van der Waals surface area contributed by atoms with E-state index in [4.69, 9.17) is 16.3 Å². The zero-order chi connectivity index (χ0) is 20.8. The van der Waals surface area contributed by atoms with Crippen LogP contribution in [-0.4, -0.2) is 26.9 Å². The van der Waals surface area contributed by atoms with Crippen LogP contribution in [0, 0.1) is 6.92 Å². The lowest BCUT2D eigenvalue weighted by Crippen LogP contribution is -2.21. The third-order valence-corrected chi connectivity index (χ3v) is 4.53. The molecule has 2 aromatic heterocycles. The number of nitrogens with zero attached hydrogens (tertiary/aromatic N) is 4. The third kappa shape index (κ3) is 3.49. The highest BCUT2D eigenvalue weighted by atomic mass is 35.5. The molecule has 0 N–H and O–H groups in total. The van der Waals surface area contributed by atoms with E-state index < -0.39 is 18.0 Å². The predicted molar refractivity (Wildman–Crippen MR) is 98.6 cm³/mol. The van der Waals surface area contributed by atoms with Crippen LogP contribution in [0.5, 0.6) is 0 Å². The van der Waals surface area contributed by atoms with Gasteiger partial charge in [-0.2, -0.15) is 18.3 Å². The van der Waals surface area contributed by atoms with Gasteiger partial charge in [-0.1, -0.05) is 23.2 Å². The van der Waals surface area contributed by atoms with Gasteiger partial charge in [-0.05, 0) is 31.2 Å². The highest BCUT2D eigenvalue weighted by Gasteiger charge is 2.37. The maximum atomic E-state index is 13.3. The number of aldehydes is 1. The summed E-state index contributed by atoms with van der Waals surface area (Å²) >= 11 is 6.11. The van der Waals surface area contributed by atoms with Gasteiger partial charge in [-0.3, -0.25) is 4.79 Å². The second kappa shape index (κ2) is 7.00. The highest BCUT2D eigenvalue weighted by molar-refractivity contribution is 6.32. The summed E-state index contributed by atoms with van der Waals surface area (Å²) in [5, 5.41) is 3.69. The number of carbonyl (C=O) groups excluding carboxylic acids is 1. The summed E-state index contributed by atoms with van der Waals surface area (Å²) in [6.07, 6.45) is -3.80. The van der Waals surface area contributed by atoms with Crippen molar-refractivity contribution in [2.24, 2.45) is 4.99 Å². The molecule has 4 rings (SSSR count). The minimum absolute atomic E-state index is 0.0247. The Kier molecular flexibility index (Phi) is 4.62. The van der Waals surface area contributed by atoms with E-state index in [0.29, 0.717) is 17.5 Å². The largest absolute Gasteiger partial charge is 0.460 e. The molecule has 0 amide bonds. The van der Waals surface area contributed by atoms with Crippen LogP contribution in [0.15, 0.2) is 47.6 Å². The van der Waals surface area contributed by atoms with Crippen LogP contribution in [0.3, 0.4) is 0 Å². The van der Waals surface area contributed by atoms with Crippen molar-refractivity contribution >= 4 is 29.5 Å². The minimum atomic E-state index is -4.71. The number of fused-ring (bicyclic) bond motifs is 1. The Morgan fingerprint density at radius 1 is 1.24 bits per heavy atom. The maximum Gasteiger partial charge on any atom is 0.435 e. The number of carbonyl (C=O) groups is 1. The van der Waals surface area contributed by atoms with Gasteiger partial charge < -0.3 is 4.74 Å². The molecule has 3 aromatic rings. The van der Waals surface area contributed by atoms with Crippen molar-refractivity contribution in [3.63, 3.8) is 0 Å². The number of ether oxygens (including phenoxy) is 1. The predicted octanol–water partition coefficient (Wildman–Crippen LogP) is 4.60. The number of aromatic nitrogens is 3. The van der Waals surface area contributed by atoms with E-state index in [2.05, 4.69) is 15.1 Å². The molecule has 1 unspecified atom stereocenters.